The van der Waals surface area contributed by atoms with Gasteiger partial charge in [-0.2, -0.15) is 17.5 Å². The Balaban J connectivity index is 2.47. The zero-order valence-electron chi connectivity index (χ0n) is 10.1. The second-order valence-electron chi connectivity index (χ2n) is 4.51. The van der Waals surface area contributed by atoms with Gasteiger partial charge in [0.1, 0.15) is 0 Å². The Bertz CT molecular complexity index is 592. The van der Waals surface area contributed by atoms with Gasteiger partial charge in [0.25, 0.3) is 0 Å². The quantitative estimate of drug-likeness (QED) is 0.895. The fraction of sp³-hybridized carbons (Fsp3) is 0.455. The fourth-order valence-electron chi connectivity index (χ4n) is 2.01. The fourth-order valence-corrected chi connectivity index (χ4v) is 3.81. The number of alkyl halides is 3. The summed E-state index contributed by atoms with van der Waals surface area (Å²) in [6.45, 7) is 1.44. The topological polar surface area (TPSA) is 63.4 Å². The average molecular weight is 294 g/mol. The molecule has 4 nitrogen and oxygen atoms in total. The molecule has 19 heavy (non-hydrogen) atoms. The smallest absolute Gasteiger partial charge is 0.325 e. The molecule has 0 saturated carbocycles. The maximum Gasteiger partial charge on any atom is 0.416 e. The van der Waals surface area contributed by atoms with E-state index >= 15 is 0 Å². The summed E-state index contributed by atoms with van der Waals surface area (Å²) >= 11 is 0. The third-order valence-electron chi connectivity index (χ3n) is 3.08. The molecule has 0 spiro atoms. The van der Waals surface area contributed by atoms with Crippen LogP contribution in [0.15, 0.2) is 23.1 Å². The highest BCUT2D eigenvalue weighted by Gasteiger charge is 2.39. The molecule has 1 saturated heterocycles. The Morgan fingerprint density at radius 2 is 1.89 bits per heavy atom. The van der Waals surface area contributed by atoms with Crippen molar-refractivity contribution in [1.29, 1.82) is 0 Å². The first-order valence-corrected chi connectivity index (χ1v) is 7.00. The number of rotatable bonds is 2. The van der Waals surface area contributed by atoms with Gasteiger partial charge in [-0.3, -0.25) is 0 Å². The highest BCUT2D eigenvalue weighted by molar-refractivity contribution is 7.89. The first-order chi connectivity index (χ1) is 8.64. The van der Waals surface area contributed by atoms with E-state index in [1.165, 1.54) is 6.07 Å². The molecular weight excluding hydrogens is 281 g/mol. The van der Waals surface area contributed by atoms with Crippen LogP contribution in [0.1, 0.15) is 11.1 Å². The molecule has 106 valence electrons. The molecule has 0 unspecified atom stereocenters. The number of hydrogen-bond acceptors (Lipinski definition) is 3. The van der Waals surface area contributed by atoms with Crippen LogP contribution in [0.2, 0.25) is 0 Å². The maximum atomic E-state index is 12.7. The highest BCUT2D eigenvalue weighted by atomic mass is 32.2. The summed E-state index contributed by atoms with van der Waals surface area (Å²) in [5.41, 5.74) is 4.28. The molecule has 0 atom stereocenters. The molecule has 1 aliphatic heterocycles. The van der Waals surface area contributed by atoms with Crippen LogP contribution in [0.4, 0.5) is 13.2 Å². The van der Waals surface area contributed by atoms with Crippen LogP contribution in [-0.2, 0) is 16.2 Å². The van der Waals surface area contributed by atoms with Gasteiger partial charge in [-0.1, -0.05) is 6.07 Å². The second kappa shape index (κ2) is 4.46. The third kappa shape index (κ3) is 2.47. The number of halogens is 3. The molecular formula is C11H13F3N2O2S. The summed E-state index contributed by atoms with van der Waals surface area (Å²) < 4.78 is 63.7. The minimum Gasteiger partial charge on any atom is -0.325 e. The number of benzene rings is 1. The first-order valence-electron chi connectivity index (χ1n) is 5.56. The predicted molar refractivity (Wildman–Crippen MR) is 62.9 cm³/mol. The van der Waals surface area contributed by atoms with Gasteiger partial charge >= 0.3 is 6.18 Å². The Kier molecular flexibility index (Phi) is 3.36. The number of hydrogen-bond donors (Lipinski definition) is 1. The van der Waals surface area contributed by atoms with E-state index in [1.807, 2.05) is 0 Å². The first kappa shape index (κ1) is 14.3. The summed E-state index contributed by atoms with van der Waals surface area (Å²) in [5, 5.41) is 0. The number of nitrogens with zero attached hydrogens (tertiary/aromatic N) is 1. The molecule has 1 aromatic rings. The summed E-state index contributed by atoms with van der Waals surface area (Å²) in [4.78, 5) is -0.311. The maximum absolute atomic E-state index is 12.7. The molecule has 1 fully saturated rings. The van der Waals surface area contributed by atoms with Crippen molar-refractivity contribution < 1.29 is 21.6 Å². The second-order valence-corrected chi connectivity index (χ2v) is 6.41. The summed E-state index contributed by atoms with van der Waals surface area (Å²) in [6, 6.07) is 2.91. The molecule has 0 amide bonds. The van der Waals surface area contributed by atoms with Gasteiger partial charge in [-0.25, -0.2) is 8.42 Å². The van der Waals surface area contributed by atoms with Crippen LogP contribution >= 0.6 is 0 Å². The van der Waals surface area contributed by atoms with Crippen LogP contribution in [-0.4, -0.2) is 31.9 Å². The molecule has 2 rings (SSSR count). The van der Waals surface area contributed by atoms with Crippen molar-refractivity contribution >= 4 is 10.0 Å². The highest BCUT2D eigenvalue weighted by Crippen LogP contribution is 2.35. The Hall–Kier alpha value is -1.12. The molecule has 0 aromatic heterocycles. The van der Waals surface area contributed by atoms with Crippen LogP contribution in [0, 0.1) is 6.92 Å². The molecule has 1 aliphatic rings. The van der Waals surface area contributed by atoms with Gasteiger partial charge in [-0.15, -0.1) is 0 Å². The summed E-state index contributed by atoms with van der Waals surface area (Å²) in [6.07, 6.45) is -4.57. The Labute approximate surface area is 109 Å². The van der Waals surface area contributed by atoms with Crippen molar-refractivity contribution in [2.24, 2.45) is 5.73 Å². The van der Waals surface area contributed by atoms with E-state index in [9.17, 15) is 21.6 Å². The molecule has 2 N–H and O–H groups in total. The van der Waals surface area contributed by atoms with Gasteiger partial charge in [0.2, 0.25) is 10.0 Å². The normalized spacial score (nSPS) is 18.4. The van der Waals surface area contributed by atoms with Crippen molar-refractivity contribution in [1.82, 2.24) is 4.31 Å². The van der Waals surface area contributed by atoms with Crippen LogP contribution < -0.4 is 5.73 Å². The lowest BCUT2D eigenvalue weighted by Crippen LogP contribution is -2.57. The van der Waals surface area contributed by atoms with Crippen molar-refractivity contribution in [2.75, 3.05) is 13.1 Å². The monoisotopic (exact) mass is 294 g/mol. The lowest BCUT2D eigenvalue weighted by atomic mass is 10.1. The summed E-state index contributed by atoms with van der Waals surface area (Å²) in [5.74, 6) is 0. The molecule has 1 aromatic carbocycles. The zero-order chi connectivity index (χ0) is 14.4. The van der Waals surface area contributed by atoms with E-state index in [2.05, 4.69) is 0 Å². The molecule has 8 heteroatoms. The van der Waals surface area contributed by atoms with Crippen LogP contribution in [0.3, 0.4) is 0 Å². The average Bonchev–Trinajstić information content (AvgIpc) is 2.23. The molecule has 0 bridgehead atoms. The van der Waals surface area contributed by atoms with Gasteiger partial charge in [-0.05, 0) is 24.6 Å². The Morgan fingerprint density at radius 3 is 2.37 bits per heavy atom. The minimum absolute atomic E-state index is 0.137. The van der Waals surface area contributed by atoms with E-state index in [0.717, 1.165) is 23.4 Å². The zero-order valence-corrected chi connectivity index (χ0v) is 10.9. The molecule has 1 heterocycles. The largest absolute Gasteiger partial charge is 0.416 e. The van der Waals surface area contributed by atoms with E-state index in [1.54, 1.807) is 0 Å². The minimum atomic E-state index is -4.57. The van der Waals surface area contributed by atoms with Gasteiger partial charge in [0.15, 0.2) is 0 Å². The Morgan fingerprint density at radius 1 is 1.32 bits per heavy atom. The van der Waals surface area contributed by atoms with Crippen molar-refractivity contribution in [3.63, 3.8) is 0 Å². The van der Waals surface area contributed by atoms with E-state index in [0.29, 0.717) is 0 Å². The van der Waals surface area contributed by atoms with Crippen molar-refractivity contribution in [3.05, 3.63) is 29.3 Å². The van der Waals surface area contributed by atoms with Crippen molar-refractivity contribution in [2.45, 2.75) is 24.0 Å². The lowest BCUT2D eigenvalue weighted by Gasteiger charge is -2.36. The van der Waals surface area contributed by atoms with Crippen molar-refractivity contribution in [3.8, 4) is 0 Å². The van der Waals surface area contributed by atoms with Crippen LogP contribution in [0.25, 0.3) is 0 Å². The molecule has 0 radical (unpaired) electrons. The van der Waals surface area contributed by atoms with E-state index < -0.39 is 21.8 Å². The molecule has 0 aliphatic carbocycles. The van der Waals surface area contributed by atoms with Gasteiger partial charge < -0.3 is 5.73 Å². The number of nitrogens with two attached hydrogens (primary N) is 1. The van der Waals surface area contributed by atoms with Gasteiger partial charge in [0, 0.05) is 19.1 Å². The predicted octanol–water partition coefficient (Wildman–Crippen LogP) is 1.35. The van der Waals surface area contributed by atoms with Crippen LogP contribution in [0.5, 0.6) is 0 Å². The summed E-state index contributed by atoms with van der Waals surface area (Å²) in [7, 11) is -3.90. The van der Waals surface area contributed by atoms with E-state index in [4.69, 9.17) is 5.73 Å². The SMILES string of the molecule is Cc1c(C(F)(F)F)cccc1S(=O)(=O)N1CC(N)C1. The van der Waals surface area contributed by atoms with Gasteiger partial charge in [0.05, 0.1) is 10.5 Å². The third-order valence-corrected chi connectivity index (χ3v) is 5.06. The standard InChI is InChI=1S/C11H13F3N2O2S/c1-7-9(11(12,13)14)3-2-4-10(7)19(17,18)16-5-8(15)6-16/h2-4,8H,5-6,15H2,1H3. The lowest BCUT2D eigenvalue weighted by molar-refractivity contribution is -0.138. The number of sulfonamides is 1. The van der Waals surface area contributed by atoms with E-state index in [-0.39, 0.29) is 29.6 Å².